The van der Waals surface area contributed by atoms with Gasteiger partial charge in [-0.05, 0) is 32.8 Å². The predicted octanol–water partition coefficient (Wildman–Crippen LogP) is 1.55. The molecule has 0 spiro atoms. The Bertz CT molecular complexity index is 310. The first-order valence-corrected chi connectivity index (χ1v) is 5.78. The maximum absolute atomic E-state index is 11.7. The quantitative estimate of drug-likeness (QED) is 0.294. The molecule has 0 aliphatic carbocycles. The van der Waals surface area contributed by atoms with Gasteiger partial charge in [0.15, 0.2) is 0 Å². The summed E-state index contributed by atoms with van der Waals surface area (Å²) in [5.74, 6) is -0.876. The van der Waals surface area contributed by atoms with Crippen molar-refractivity contribution in [3.63, 3.8) is 0 Å². The largest absolute Gasteiger partial charge is 0.502 e. The Kier molecular flexibility index (Phi) is 7.51. The third-order valence-electron chi connectivity index (χ3n) is 2.14. The fraction of sp³-hybridized carbons (Fsp3) is 0.538. The second-order valence-corrected chi connectivity index (χ2v) is 4.20. The first kappa shape index (κ1) is 16.2. The minimum absolute atomic E-state index is 0.298. The molecule has 0 aliphatic heterocycles. The van der Waals surface area contributed by atoms with Crippen molar-refractivity contribution in [1.82, 2.24) is 5.32 Å². The normalized spacial score (nSPS) is 10.3. The van der Waals surface area contributed by atoms with E-state index in [1.807, 2.05) is 0 Å². The highest BCUT2D eigenvalue weighted by atomic mass is 16.5. The van der Waals surface area contributed by atoms with Crippen molar-refractivity contribution in [2.75, 3.05) is 13.2 Å². The summed E-state index contributed by atoms with van der Waals surface area (Å²) in [6.07, 6.45) is 3.96. The van der Waals surface area contributed by atoms with E-state index in [0.29, 0.717) is 19.6 Å². The molecule has 0 saturated heterocycles. The van der Waals surface area contributed by atoms with E-state index in [9.17, 15) is 9.59 Å². The highest BCUT2D eigenvalue weighted by Crippen LogP contribution is 2.06. The van der Waals surface area contributed by atoms with Crippen LogP contribution in [0.1, 0.15) is 26.7 Å². The standard InChI is InChI=1S/C13H21NO4/c1-5-11(15)14-13(3,4)12(16)18-10-8-7-9-17-6-2/h5-6H,1-2,7-10H2,3-4H3,(H,14,15). The maximum atomic E-state index is 11.7. The van der Waals surface area contributed by atoms with Gasteiger partial charge in [0.25, 0.3) is 0 Å². The molecule has 0 heterocycles. The second kappa shape index (κ2) is 8.33. The molecule has 18 heavy (non-hydrogen) atoms. The third-order valence-corrected chi connectivity index (χ3v) is 2.14. The van der Waals surface area contributed by atoms with Crippen LogP contribution in [0.2, 0.25) is 0 Å². The monoisotopic (exact) mass is 255 g/mol. The molecule has 0 rings (SSSR count). The number of carbonyl (C=O) groups excluding carboxylic acids is 2. The van der Waals surface area contributed by atoms with Crippen LogP contribution in [0.15, 0.2) is 25.5 Å². The number of rotatable bonds is 9. The molecule has 0 aromatic carbocycles. The molecule has 5 heteroatoms. The number of hydrogen-bond acceptors (Lipinski definition) is 4. The number of esters is 1. The number of nitrogens with one attached hydrogen (secondary N) is 1. The van der Waals surface area contributed by atoms with E-state index in [1.165, 1.54) is 6.26 Å². The summed E-state index contributed by atoms with van der Waals surface area (Å²) in [6, 6.07) is 0. The van der Waals surface area contributed by atoms with Crippen LogP contribution >= 0.6 is 0 Å². The second-order valence-electron chi connectivity index (χ2n) is 4.20. The van der Waals surface area contributed by atoms with Crippen molar-refractivity contribution in [3.05, 3.63) is 25.5 Å². The van der Waals surface area contributed by atoms with Gasteiger partial charge in [-0.3, -0.25) is 4.79 Å². The Morgan fingerprint density at radius 2 is 1.83 bits per heavy atom. The van der Waals surface area contributed by atoms with Crippen molar-refractivity contribution in [2.45, 2.75) is 32.2 Å². The fourth-order valence-corrected chi connectivity index (χ4v) is 1.13. The molecular formula is C13H21NO4. The fourth-order valence-electron chi connectivity index (χ4n) is 1.13. The molecule has 0 atom stereocenters. The Labute approximate surface area is 108 Å². The van der Waals surface area contributed by atoms with Gasteiger partial charge in [0.1, 0.15) is 5.54 Å². The van der Waals surface area contributed by atoms with Crippen LogP contribution < -0.4 is 5.32 Å². The summed E-state index contributed by atoms with van der Waals surface area (Å²) in [5.41, 5.74) is -1.05. The SMILES string of the molecule is C=COCCCCOC(=O)C(C)(C)NC(=O)C=C. The van der Waals surface area contributed by atoms with Crippen LogP contribution in [0.5, 0.6) is 0 Å². The maximum Gasteiger partial charge on any atom is 0.331 e. The van der Waals surface area contributed by atoms with E-state index < -0.39 is 17.4 Å². The molecule has 0 aromatic rings. The molecule has 0 unspecified atom stereocenters. The topological polar surface area (TPSA) is 64.6 Å². The van der Waals surface area contributed by atoms with Crippen LogP contribution in [-0.4, -0.2) is 30.6 Å². The van der Waals surface area contributed by atoms with Crippen LogP contribution in [0.25, 0.3) is 0 Å². The summed E-state index contributed by atoms with van der Waals surface area (Å²) >= 11 is 0. The average Bonchev–Trinajstić information content (AvgIpc) is 2.32. The van der Waals surface area contributed by atoms with Crippen molar-refractivity contribution in [2.24, 2.45) is 0 Å². The van der Waals surface area contributed by atoms with Gasteiger partial charge >= 0.3 is 5.97 Å². The van der Waals surface area contributed by atoms with Crippen LogP contribution in [0, 0.1) is 0 Å². The van der Waals surface area contributed by atoms with E-state index in [4.69, 9.17) is 9.47 Å². The minimum Gasteiger partial charge on any atom is -0.502 e. The lowest BCUT2D eigenvalue weighted by atomic mass is 10.1. The molecule has 0 saturated carbocycles. The van der Waals surface area contributed by atoms with E-state index in [-0.39, 0.29) is 0 Å². The Hall–Kier alpha value is -1.78. The minimum atomic E-state index is -1.05. The zero-order chi connectivity index (χ0) is 14.0. The molecule has 0 radical (unpaired) electrons. The van der Waals surface area contributed by atoms with E-state index in [2.05, 4.69) is 18.5 Å². The Balaban J connectivity index is 3.89. The molecule has 0 aliphatic rings. The molecule has 0 aromatic heterocycles. The first-order valence-electron chi connectivity index (χ1n) is 5.78. The average molecular weight is 255 g/mol. The van der Waals surface area contributed by atoms with Crippen LogP contribution in [-0.2, 0) is 19.1 Å². The highest BCUT2D eigenvalue weighted by Gasteiger charge is 2.30. The van der Waals surface area contributed by atoms with Gasteiger partial charge in [-0.2, -0.15) is 0 Å². The van der Waals surface area contributed by atoms with Gasteiger partial charge in [0, 0.05) is 0 Å². The zero-order valence-electron chi connectivity index (χ0n) is 11.0. The van der Waals surface area contributed by atoms with Crippen LogP contribution in [0.3, 0.4) is 0 Å². The van der Waals surface area contributed by atoms with Gasteiger partial charge in [-0.15, -0.1) is 0 Å². The zero-order valence-corrected chi connectivity index (χ0v) is 11.0. The summed E-state index contributed by atoms with van der Waals surface area (Å²) < 4.78 is 9.99. The molecule has 5 nitrogen and oxygen atoms in total. The Morgan fingerprint density at radius 1 is 1.22 bits per heavy atom. The van der Waals surface area contributed by atoms with Crippen LogP contribution in [0.4, 0.5) is 0 Å². The molecule has 102 valence electrons. The van der Waals surface area contributed by atoms with E-state index >= 15 is 0 Å². The molecule has 0 fully saturated rings. The first-order chi connectivity index (χ1) is 8.44. The van der Waals surface area contributed by atoms with Gasteiger partial charge < -0.3 is 14.8 Å². The number of ether oxygens (including phenoxy) is 2. The number of unbranched alkanes of at least 4 members (excludes halogenated alkanes) is 1. The van der Waals surface area contributed by atoms with Crippen molar-refractivity contribution in [1.29, 1.82) is 0 Å². The smallest absolute Gasteiger partial charge is 0.331 e. The van der Waals surface area contributed by atoms with E-state index in [0.717, 1.165) is 12.5 Å². The van der Waals surface area contributed by atoms with Crippen molar-refractivity contribution >= 4 is 11.9 Å². The summed E-state index contributed by atoms with van der Waals surface area (Å²) in [4.78, 5) is 22.8. The molecule has 1 N–H and O–H groups in total. The summed E-state index contributed by atoms with van der Waals surface area (Å²) in [7, 11) is 0. The number of amides is 1. The van der Waals surface area contributed by atoms with Crippen molar-refractivity contribution in [3.8, 4) is 0 Å². The number of carbonyl (C=O) groups is 2. The summed E-state index contributed by atoms with van der Waals surface area (Å²) in [6.45, 7) is 10.8. The lowest BCUT2D eigenvalue weighted by Gasteiger charge is -2.23. The number of hydrogen-bond donors (Lipinski definition) is 1. The summed E-state index contributed by atoms with van der Waals surface area (Å²) in [5, 5.41) is 2.50. The van der Waals surface area contributed by atoms with Gasteiger partial charge in [-0.25, -0.2) is 4.79 Å². The lowest BCUT2D eigenvalue weighted by molar-refractivity contribution is -0.152. The van der Waals surface area contributed by atoms with Crippen molar-refractivity contribution < 1.29 is 19.1 Å². The molecule has 0 bridgehead atoms. The molecule has 1 amide bonds. The van der Waals surface area contributed by atoms with Gasteiger partial charge in [0.05, 0.1) is 19.5 Å². The predicted molar refractivity (Wildman–Crippen MR) is 68.8 cm³/mol. The molecular weight excluding hydrogens is 234 g/mol. The van der Waals surface area contributed by atoms with Gasteiger partial charge in [-0.1, -0.05) is 13.2 Å². The van der Waals surface area contributed by atoms with Gasteiger partial charge in [0.2, 0.25) is 5.91 Å². The van der Waals surface area contributed by atoms with E-state index in [1.54, 1.807) is 13.8 Å². The Morgan fingerprint density at radius 3 is 2.39 bits per heavy atom. The lowest BCUT2D eigenvalue weighted by Crippen LogP contribution is -2.50. The third kappa shape index (κ3) is 6.73. The highest BCUT2D eigenvalue weighted by molar-refractivity contribution is 5.92.